The SMILES string of the molecule is CC(c1ccc(S(C)(=O)=O)cc1)N(C)S(=O)(=O)c1cccc(Cl)c1. The Morgan fingerprint density at radius 2 is 1.54 bits per heavy atom. The Labute approximate surface area is 147 Å². The predicted octanol–water partition coefficient (Wildman–Crippen LogP) is 3.13. The lowest BCUT2D eigenvalue weighted by Gasteiger charge is -2.25. The van der Waals surface area contributed by atoms with E-state index in [0.29, 0.717) is 10.6 Å². The van der Waals surface area contributed by atoms with Gasteiger partial charge in [-0.15, -0.1) is 0 Å². The van der Waals surface area contributed by atoms with E-state index in [1.54, 1.807) is 31.2 Å². The highest BCUT2D eigenvalue weighted by atomic mass is 35.5. The molecule has 1 unspecified atom stereocenters. The fourth-order valence-electron chi connectivity index (χ4n) is 2.21. The lowest BCUT2D eigenvalue weighted by Crippen LogP contribution is -2.29. The molecular weight excluding hydrogens is 370 g/mol. The van der Waals surface area contributed by atoms with E-state index in [0.717, 1.165) is 6.26 Å². The first-order valence-electron chi connectivity index (χ1n) is 7.07. The topological polar surface area (TPSA) is 71.5 Å². The van der Waals surface area contributed by atoms with Crippen LogP contribution < -0.4 is 0 Å². The molecule has 0 saturated heterocycles. The average Bonchev–Trinajstić information content (AvgIpc) is 2.52. The molecule has 2 rings (SSSR count). The zero-order valence-corrected chi connectivity index (χ0v) is 15.9. The minimum atomic E-state index is -3.72. The molecule has 0 fully saturated rings. The van der Waals surface area contributed by atoms with Gasteiger partial charge in [0, 0.05) is 24.4 Å². The molecule has 0 spiro atoms. The standard InChI is InChI=1S/C16H18ClNO4S2/c1-12(13-7-9-15(10-8-13)23(3,19)20)18(2)24(21,22)16-6-4-5-14(17)11-16/h4-12H,1-3H3. The molecule has 0 aromatic heterocycles. The van der Waals surface area contributed by atoms with E-state index in [2.05, 4.69) is 0 Å². The maximum absolute atomic E-state index is 12.7. The summed E-state index contributed by atoms with van der Waals surface area (Å²) in [6.07, 6.45) is 1.13. The molecule has 0 amide bonds. The molecule has 0 saturated carbocycles. The fourth-order valence-corrected chi connectivity index (χ4v) is 4.49. The van der Waals surface area contributed by atoms with Gasteiger partial charge >= 0.3 is 0 Å². The second-order valence-electron chi connectivity index (χ2n) is 5.50. The molecule has 0 radical (unpaired) electrons. The van der Waals surface area contributed by atoms with E-state index in [1.807, 2.05) is 0 Å². The van der Waals surface area contributed by atoms with Crippen molar-refractivity contribution in [2.45, 2.75) is 22.8 Å². The summed E-state index contributed by atoms with van der Waals surface area (Å²) in [6, 6.07) is 11.8. The fraction of sp³-hybridized carbons (Fsp3) is 0.250. The normalized spacial score (nSPS) is 13.9. The second-order valence-corrected chi connectivity index (χ2v) is 9.95. The molecule has 0 heterocycles. The van der Waals surface area contributed by atoms with Crippen LogP contribution in [0.15, 0.2) is 58.3 Å². The number of rotatable bonds is 5. The predicted molar refractivity (Wildman–Crippen MR) is 94.4 cm³/mol. The van der Waals surface area contributed by atoms with Crippen LogP contribution in [-0.4, -0.2) is 34.4 Å². The third-order valence-electron chi connectivity index (χ3n) is 3.81. The van der Waals surface area contributed by atoms with Crippen LogP contribution in [0.1, 0.15) is 18.5 Å². The minimum absolute atomic E-state index is 0.108. The third-order valence-corrected chi connectivity index (χ3v) is 7.10. The minimum Gasteiger partial charge on any atom is -0.224 e. The monoisotopic (exact) mass is 387 g/mol. The molecule has 24 heavy (non-hydrogen) atoms. The zero-order valence-electron chi connectivity index (χ0n) is 13.5. The van der Waals surface area contributed by atoms with Gasteiger partial charge in [-0.05, 0) is 42.8 Å². The highest BCUT2D eigenvalue weighted by Gasteiger charge is 2.26. The van der Waals surface area contributed by atoms with Gasteiger partial charge in [0.05, 0.1) is 9.79 Å². The Morgan fingerprint density at radius 3 is 2.04 bits per heavy atom. The molecule has 1 atom stereocenters. The summed E-state index contributed by atoms with van der Waals surface area (Å²) in [5.41, 5.74) is 0.690. The van der Waals surface area contributed by atoms with E-state index in [1.165, 1.54) is 35.6 Å². The number of sulfone groups is 1. The van der Waals surface area contributed by atoms with E-state index in [4.69, 9.17) is 11.6 Å². The van der Waals surface area contributed by atoms with Crippen molar-refractivity contribution in [3.63, 3.8) is 0 Å². The van der Waals surface area contributed by atoms with Crippen molar-refractivity contribution in [2.24, 2.45) is 0 Å². The molecule has 0 aliphatic heterocycles. The van der Waals surface area contributed by atoms with Crippen LogP contribution >= 0.6 is 11.6 Å². The van der Waals surface area contributed by atoms with Crippen LogP contribution in [0.4, 0.5) is 0 Å². The van der Waals surface area contributed by atoms with E-state index in [-0.39, 0.29) is 9.79 Å². The summed E-state index contributed by atoms with van der Waals surface area (Å²) in [5.74, 6) is 0. The van der Waals surface area contributed by atoms with Crippen molar-refractivity contribution in [1.29, 1.82) is 0 Å². The van der Waals surface area contributed by atoms with Crippen LogP contribution in [0.25, 0.3) is 0 Å². The Kier molecular flexibility index (Phi) is 5.39. The van der Waals surface area contributed by atoms with Crippen LogP contribution in [-0.2, 0) is 19.9 Å². The molecule has 2 aromatic carbocycles. The first kappa shape index (κ1) is 18.9. The first-order valence-corrected chi connectivity index (χ1v) is 10.8. The summed E-state index contributed by atoms with van der Waals surface area (Å²) in [7, 11) is -5.53. The maximum Gasteiger partial charge on any atom is 0.243 e. The number of hydrogen-bond acceptors (Lipinski definition) is 4. The van der Waals surface area contributed by atoms with Crippen LogP contribution in [0.5, 0.6) is 0 Å². The van der Waals surface area contributed by atoms with Crippen LogP contribution in [0, 0.1) is 0 Å². The van der Waals surface area contributed by atoms with Crippen LogP contribution in [0.2, 0.25) is 5.02 Å². The van der Waals surface area contributed by atoms with Crippen molar-refractivity contribution in [3.8, 4) is 0 Å². The zero-order chi connectivity index (χ0) is 18.1. The Morgan fingerprint density at radius 1 is 0.958 bits per heavy atom. The number of hydrogen-bond donors (Lipinski definition) is 0. The van der Waals surface area contributed by atoms with Crippen molar-refractivity contribution in [2.75, 3.05) is 13.3 Å². The number of nitrogens with zero attached hydrogens (tertiary/aromatic N) is 1. The summed E-state index contributed by atoms with van der Waals surface area (Å²) in [6.45, 7) is 1.73. The lowest BCUT2D eigenvalue weighted by atomic mass is 10.1. The molecule has 130 valence electrons. The molecule has 2 aromatic rings. The molecule has 0 N–H and O–H groups in total. The quantitative estimate of drug-likeness (QED) is 0.790. The molecular formula is C16H18ClNO4S2. The number of sulfonamides is 1. The van der Waals surface area contributed by atoms with Gasteiger partial charge in [0.1, 0.15) is 0 Å². The van der Waals surface area contributed by atoms with E-state index < -0.39 is 25.9 Å². The second kappa shape index (κ2) is 6.84. The Bertz CT molecular complexity index is 938. The third kappa shape index (κ3) is 3.97. The molecule has 5 nitrogen and oxygen atoms in total. The van der Waals surface area contributed by atoms with Crippen molar-refractivity contribution < 1.29 is 16.8 Å². The van der Waals surface area contributed by atoms with Gasteiger partial charge in [-0.2, -0.15) is 4.31 Å². The summed E-state index contributed by atoms with van der Waals surface area (Å²) >= 11 is 5.87. The van der Waals surface area contributed by atoms with Gasteiger partial charge in [-0.3, -0.25) is 0 Å². The van der Waals surface area contributed by atoms with Crippen molar-refractivity contribution >= 4 is 31.5 Å². The Balaban J connectivity index is 2.33. The maximum atomic E-state index is 12.7. The van der Waals surface area contributed by atoms with Crippen molar-refractivity contribution in [1.82, 2.24) is 4.31 Å². The first-order chi connectivity index (χ1) is 11.0. The van der Waals surface area contributed by atoms with Gasteiger partial charge in [0.25, 0.3) is 0 Å². The van der Waals surface area contributed by atoms with Gasteiger partial charge < -0.3 is 0 Å². The summed E-state index contributed by atoms with van der Waals surface area (Å²) < 4.78 is 49.6. The number of benzene rings is 2. The smallest absolute Gasteiger partial charge is 0.224 e. The van der Waals surface area contributed by atoms with Gasteiger partial charge in [0.2, 0.25) is 10.0 Å². The van der Waals surface area contributed by atoms with Gasteiger partial charge in [0.15, 0.2) is 9.84 Å². The number of halogens is 1. The highest BCUT2D eigenvalue weighted by molar-refractivity contribution is 7.90. The molecule has 0 aliphatic carbocycles. The van der Waals surface area contributed by atoms with Crippen LogP contribution in [0.3, 0.4) is 0 Å². The lowest BCUT2D eigenvalue weighted by molar-refractivity contribution is 0.398. The van der Waals surface area contributed by atoms with Gasteiger partial charge in [-0.1, -0.05) is 29.8 Å². The highest BCUT2D eigenvalue weighted by Crippen LogP contribution is 2.27. The molecule has 0 aliphatic rings. The Hall–Kier alpha value is -1.41. The largest absolute Gasteiger partial charge is 0.243 e. The van der Waals surface area contributed by atoms with E-state index >= 15 is 0 Å². The van der Waals surface area contributed by atoms with Crippen molar-refractivity contribution in [3.05, 3.63) is 59.1 Å². The summed E-state index contributed by atoms with van der Waals surface area (Å²) in [5, 5.41) is 0.342. The summed E-state index contributed by atoms with van der Waals surface area (Å²) in [4.78, 5) is 0.302. The molecule has 8 heteroatoms. The van der Waals surface area contributed by atoms with E-state index in [9.17, 15) is 16.8 Å². The average molecular weight is 388 g/mol. The van der Waals surface area contributed by atoms with Gasteiger partial charge in [-0.25, -0.2) is 16.8 Å². The molecule has 0 bridgehead atoms.